The number of hydrogen-bond acceptors (Lipinski definition) is 3. The summed E-state index contributed by atoms with van der Waals surface area (Å²) in [7, 11) is 0. The molecule has 0 saturated heterocycles. The lowest BCUT2D eigenvalue weighted by molar-refractivity contribution is 0.450. The zero-order valence-corrected chi connectivity index (χ0v) is 9.21. The number of rotatable bonds is 2. The Kier molecular flexibility index (Phi) is 3.10. The topological polar surface area (TPSA) is 48.1 Å². The maximum atomic E-state index is 12.9. The van der Waals surface area contributed by atoms with Gasteiger partial charge in [-0.3, -0.25) is 0 Å². The van der Waals surface area contributed by atoms with Gasteiger partial charge in [0.15, 0.2) is 11.6 Å². The molecule has 0 aliphatic rings. The molecule has 6 heteroatoms. The Hall–Kier alpha value is -1.88. The Morgan fingerprint density at radius 2 is 1.88 bits per heavy atom. The lowest BCUT2D eigenvalue weighted by atomic mass is 10.3. The highest BCUT2D eigenvalue weighted by atomic mass is 35.5. The van der Waals surface area contributed by atoms with E-state index in [1.165, 1.54) is 18.2 Å². The number of benzene rings is 1. The van der Waals surface area contributed by atoms with E-state index < -0.39 is 11.6 Å². The summed E-state index contributed by atoms with van der Waals surface area (Å²) < 4.78 is 30.8. The van der Waals surface area contributed by atoms with Crippen LogP contribution in [0.5, 0.6) is 11.6 Å². The first-order valence-corrected chi connectivity index (χ1v) is 4.99. The van der Waals surface area contributed by atoms with Crippen molar-refractivity contribution in [2.45, 2.75) is 0 Å². The molecule has 2 rings (SSSR count). The van der Waals surface area contributed by atoms with E-state index in [1.807, 2.05) is 0 Å². The molecule has 0 bridgehead atoms. The average molecular weight is 257 g/mol. The Balaban J connectivity index is 2.31. The van der Waals surface area contributed by atoms with Gasteiger partial charge < -0.3 is 10.5 Å². The number of nitrogens with two attached hydrogens (primary N) is 1. The van der Waals surface area contributed by atoms with Crippen LogP contribution in [0.3, 0.4) is 0 Å². The fraction of sp³-hybridized carbons (Fsp3) is 0. The van der Waals surface area contributed by atoms with Crippen LogP contribution in [0.4, 0.5) is 14.5 Å². The van der Waals surface area contributed by atoms with Crippen molar-refractivity contribution in [2.24, 2.45) is 0 Å². The van der Waals surface area contributed by atoms with Gasteiger partial charge in [-0.05, 0) is 24.3 Å². The zero-order valence-electron chi connectivity index (χ0n) is 8.45. The fourth-order valence-electron chi connectivity index (χ4n) is 1.16. The van der Waals surface area contributed by atoms with Crippen LogP contribution in [0.15, 0.2) is 30.3 Å². The summed E-state index contributed by atoms with van der Waals surface area (Å²) in [5, 5.41) is 0.191. The number of aromatic nitrogens is 1. The molecule has 2 N–H and O–H groups in total. The molecule has 0 aliphatic heterocycles. The van der Waals surface area contributed by atoms with Crippen molar-refractivity contribution >= 4 is 17.3 Å². The first-order chi connectivity index (χ1) is 8.06. The molecule has 1 aromatic carbocycles. The van der Waals surface area contributed by atoms with E-state index in [0.29, 0.717) is 0 Å². The maximum Gasteiger partial charge on any atom is 0.244 e. The highest BCUT2D eigenvalue weighted by Crippen LogP contribution is 2.27. The first kappa shape index (κ1) is 11.6. The number of pyridine rings is 1. The number of anilines is 1. The van der Waals surface area contributed by atoms with Crippen LogP contribution in [0, 0.1) is 11.6 Å². The molecular formula is C11H7ClF2N2O. The SMILES string of the molecule is Nc1ccc(Cl)nc1Oc1ccc(F)c(F)c1. The molecule has 0 unspecified atom stereocenters. The molecule has 2 aromatic rings. The quantitative estimate of drug-likeness (QED) is 0.838. The van der Waals surface area contributed by atoms with Gasteiger partial charge in [-0.1, -0.05) is 11.6 Å². The predicted molar refractivity (Wildman–Crippen MR) is 60.1 cm³/mol. The first-order valence-electron chi connectivity index (χ1n) is 4.61. The minimum absolute atomic E-state index is 0.0449. The molecule has 0 fully saturated rings. The molecule has 0 spiro atoms. The largest absolute Gasteiger partial charge is 0.437 e. The summed E-state index contributed by atoms with van der Waals surface area (Å²) >= 11 is 5.66. The van der Waals surface area contributed by atoms with Crippen LogP contribution in [0.25, 0.3) is 0 Å². The minimum Gasteiger partial charge on any atom is -0.437 e. The number of ether oxygens (including phenoxy) is 1. The predicted octanol–water partition coefficient (Wildman–Crippen LogP) is 3.39. The Labute approximate surface area is 101 Å². The van der Waals surface area contributed by atoms with Crippen molar-refractivity contribution in [3.8, 4) is 11.6 Å². The third-order valence-electron chi connectivity index (χ3n) is 1.96. The van der Waals surface area contributed by atoms with Gasteiger partial charge in [-0.15, -0.1) is 0 Å². The normalized spacial score (nSPS) is 10.3. The molecule has 0 aliphatic carbocycles. The van der Waals surface area contributed by atoms with Crippen LogP contribution in [0.1, 0.15) is 0 Å². The van der Waals surface area contributed by atoms with E-state index in [-0.39, 0.29) is 22.5 Å². The summed E-state index contributed by atoms with van der Waals surface area (Å²) in [6.07, 6.45) is 0. The second-order valence-corrected chi connectivity index (χ2v) is 3.59. The van der Waals surface area contributed by atoms with E-state index in [4.69, 9.17) is 22.1 Å². The Bertz CT molecular complexity index is 563. The third kappa shape index (κ3) is 2.62. The second kappa shape index (κ2) is 4.55. The molecule has 17 heavy (non-hydrogen) atoms. The second-order valence-electron chi connectivity index (χ2n) is 3.21. The van der Waals surface area contributed by atoms with E-state index in [2.05, 4.69) is 4.98 Å². The zero-order chi connectivity index (χ0) is 12.4. The number of nitrogen functional groups attached to an aromatic ring is 1. The van der Waals surface area contributed by atoms with Gasteiger partial charge in [-0.25, -0.2) is 8.78 Å². The molecule has 0 atom stereocenters. The molecule has 1 heterocycles. The monoisotopic (exact) mass is 256 g/mol. The van der Waals surface area contributed by atoms with Gasteiger partial charge in [0.2, 0.25) is 5.88 Å². The van der Waals surface area contributed by atoms with Crippen LogP contribution >= 0.6 is 11.6 Å². The maximum absolute atomic E-state index is 12.9. The van der Waals surface area contributed by atoms with E-state index in [1.54, 1.807) is 0 Å². The van der Waals surface area contributed by atoms with Gasteiger partial charge in [0.1, 0.15) is 10.9 Å². The van der Waals surface area contributed by atoms with Gasteiger partial charge >= 0.3 is 0 Å². The van der Waals surface area contributed by atoms with Crippen LogP contribution in [-0.4, -0.2) is 4.98 Å². The average Bonchev–Trinajstić information content (AvgIpc) is 2.29. The number of hydrogen-bond donors (Lipinski definition) is 1. The van der Waals surface area contributed by atoms with Gasteiger partial charge in [0.05, 0.1) is 5.69 Å². The number of halogens is 3. The fourth-order valence-corrected chi connectivity index (χ4v) is 1.30. The summed E-state index contributed by atoms with van der Waals surface area (Å²) in [5.74, 6) is -1.83. The van der Waals surface area contributed by atoms with E-state index >= 15 is 0 Å². The Morgan fingerprint density at radius 1 is 1.12 bits per heavy atom. The van der Waals surface area contributed by atoms with E-state index in [0.717, 1.165) is 12.1 Å². The summed E-state index contributed by atoms with van der Waals surface area (Å²) in [4.78, 5) is 3.82. The molecule has 0 radical (unpaired) electrons. The van der Waals surface area contributed by atoms with Gasteiger partial charge in [0.25, 0.3) is 0 Å². The minimum atomic E-state index is -1.01. The van der Waals surface area contributed by atoms with Gasteiger partial charge in [-0.2, -0.15) is 4.98 Å². The molecule has 0 amide bonds. The van der Waals surface area contributed by atoms with Gasteiger partial charge in [0, 0.05) is 6.07 Å². The van der Waals surface area contributed by atoms with Crippen molar-refractivity contribution in [3.63, 3.8) is 0 Å². The standard InChI is InChI=1S/C11H7ClF2N2O/c12-10-4-3-9(15)11(16-10)17-6-1-2-7(13)8(14)5-6/h1-5H,15H2. The Morgan fingerprint density at radius 3 is 2.59 bits per heavy atom. The summed E-state index contributed by atoms with van der Waals surface area (Å²) in [5.41, 5.74) is 5.84. The highest BCUT2D eigenvalue weighted by Gasteiger charge is 2.08. The van der Waals surface area contributed by atoms with Crippen LogP contribution < -0.4 is 10.5 Å². The third-order valence-corrected chi connectivity index (χ3v) is 2.17. The molecular weight excluding hydrogens is 250 g/mol. The highest BCUT2D eigenvalue weighted by molar-refractivity contribution is 6.29. The van der Waals surface area contributed by atoms with Crippen molar-refractivity contribution in [1.82, 2.24) is 4.98 Å². The molecule has 1 aromatic heterocycles. The van der Waals surface area contributed by atoms with Crippen molar-refractivity contribution in [2.75, 3.05) is 5.73 Å². The van der Waals surface area contributed by atoms with E-state index in [9.17, 15) is 8.78 Å². The van der Waals surface area contributed by atoms with Crippen molar-refractivity contribution in [1.29, 1.82) is 0 Å². The summed E-state index contributed by atoms with van der Waals surface area (Å²) in [6.45, 7) is 0. The van der Waals surface area contributed by atoms with Crippen molar-refractivity contribution in [3.05, 3.63) is 47.1 Å². The lowest BCUT2D eigenvalue weighted by Crippen LogP contribution is -1.96. The van der Waals surface area contributed by atoms with Crippen LogP contribution in [-0.2, 0) is 0 Å². The molecule has 0 saturated carbocycles. The summed E-state index contributed by atoms with van der Waals surface area (Å²) in [6, 6.07) is 6.11. The molecule has 88 valence electrons. The molecule has 3 nitrogen and oxygen atoms in total. The number of nitrogens with zero attached hydrogens (tertiary/aromatic N) is 1. The lowest BCUT2D eigenvalue weighted by Gasteiger charge is -2.07. The smallest absolute Gasteiger partial charge is 0.244 e. The van der Waals surface area contributed by atoms with Crippen LogP contribution in [0.2, 0.25) is 5.15 Å². The van der Waals surface area contributed by atoms with Crippen molar-refractivity contribution < 1.29 is 13.5 Å².